The maximum absolute atomic E-state index is 13.5. The molecular weight excluding hydrogens is 231 g/mol. The highest BCUT2D eigenvalue weighted by Gasteiger charge is 2.17. The van der Waals surface area contributed by atoms with E-state index < -0.39 is 6.04 Å². The molecule has 0 saturated carbocycles. The fourth-order valence-electron chi connectivity index (χ4n) is 1.66. The zero-order valence-electron chi connectivity index (χ0n) is 10.5. The lowest BCUT2D eigenvalue weighted by molar-refractivity contribution is -0.122. The summed E-state index contributed by atoms with van der Waals surface area (Å²) < 4.78 is 13.5. The SMILES string of the molecule is C#CCNC(=O)C(C)N[C@H](C)c1ccccc1F. The fourth-order valence-corrected chi connectivity index (χ4v) is 1.66. The number of amides is 1. The van der Waals surface area contributed by atoms with Crippen LogP contribution in [0, 0.1) is 18.2 Å². The van der Waals surface area contributed by atoms with Crippen molar-refractivity contribution in [1.29, 1.82) is 0 Å². The van der Waals surface area contributed by atoms with Gasteiger partial charge in [0.2, 0.25) is 5.91 Å². The Labute approximate surface area is 107 Å². The molecule has 0 heterocycles. The summed E-state index contributed by atoms with van der Waals surface area (Å²) in [5.74, 6) is 1.85. The quantitative estimate of drug-likeness (QED) is 0.777. The minimum Gasteiger partial charge on any atom is -0.344 e. The molecule has 1 unspecified atom stereocenters. The van der Waals surface area contributed by atoms with Gasteiger partial charge in [0.1, 0.15) is 5.82 Å². The van der Waals surface area contributed by atoms with Crippen molar-refractivity contribution < 1.29 is 9.18 Å². The number of halogens is 1. The highest BCUT2D eigenvalue weighted by molar-refractivity contribution is 5.81. The average Bonchev–Trinajstić information content (AvgIpc) is 2.36. The zero-order valence-corrected chi connectivity index (χ0v) is 10.5. The fraction of sp³-hybridized carbons (Fsp3) is 0.357. The van der Waals surface area contributed by atoms with Gasteiger partial charge in [-0.05, 0) is 19.9 Å². The van der Waals surface area contributed by atoms with Crippen LogP contribution in [0.2, 0.25) is 0 Å². The lowest BCUT2D eigenvalue weighted by Gasteiger charge is -2.20. The number of carbonyl (C=O) groups excluding carboxylic acids is 1. The molecule has 0 bridgehead atoms. The van der Waals surface area contributed by atoms with Crippen LogP contribution in [0.5, 0.6) is 0 Å². The summed E-state index contributed by atoms with van der Waals surface area (Å²) in [5.41, 5.74) is 0.536. The number of hydrogen-bond donors (Lipinski definition) is 2. The molecule has 0 aromatic heterocycles. The number of rotatable bonds is 5. The van der Waals surface area contributed by atoms with Crippen molar-refractivity contribution in [2.75, 3.05) is 6.54 Å². The molecule has 0 aliphatic carbocycles. The number of nitrogens with one attached hydrogen (secondary N) is 2. The van der Waals surface area contributed by atoms with Gasteiger partial charge in [0.25, 0.3) is 0 Å². The van der Waals surface area contributed by atoms with Gasteiger partial charge in [0.05, 0.1) is 12.6 Å². The molecule has 1 rings (SSSR count). The van der Waals surface area contributed by atoms with Crippen LogP contribution in [-0.2, 0) is 4.79 Å². The van der Waals surface area contributed by atoms with E-state index in [2.05, 4.69) is 16.6 Å². The summed E-state index contributed by atoms with van der Waals surface area (Å²) >= 11 is 0. The highest BCUT2D eigenvalue weighted by atomic mass is 19.1. The van der Waals surface area contributed by atoms with E-state index in [1.807, 2.05) is 6.92 Å². The molecule has 96 valence electrons. The number of benzene rings is 1. The minimum absolute atomic E-state index is 0.193. The van der Waals surface area contributed by atoms with E-state index in [1.165, 1.54) is 6.07 Å². The summed E-state index contributed by atoms with van der Waals surface area (Å²) in [4.78, 5) is 11.6. The van der Waals surface area contributed by atoms with Crippen molar-refractivity contribution in [2.45, 2.75) is 25.9 Å². The molecule has 1 aromatic rings. The maximum Gasteiger partial charge on any atom is 0.237 e. The normalized spacial score (nSPS) is 13.4. The van der Waals surface area contributed by atoms with E-state index in [0.29, 0.717) is 5.56 Å². The third-order valence-electron chi connectivity index (χ3n) is 2.63. The van der Waals surface area contributed by atoms with E-state index in [4.69, 9.17) is 6.42 Å². The van der Waals surface area contributed by atoms with Crippen LogP contribution in [0.4, 0.5) is 4.39 Å². The molecule has 0 aliphatic rings. The minimum atomic E-state index is -0.437. The number of carbonyl (C=O) groups is 1. The van der Waals surface area contributed by atoms with E-state index in [-0.39, 0.29) is 24.3 Å². The van der Waals surface area contributed by atoms with E-state index >= 15 is 0 Å². The van der Waals surface area contributed by atoms with Gasteiger partial charge in [-0.3, -0.25) is 10.1 Å². The second-order valence-electron chi connectivity index (χ2n) is 4.05. The van der Waals surface area contributed by atoms with E-state index in [0.717, 1.165) is 0 Å². The third kappa shape index (κ3) is 3.86. The molecule has 18 heavy (non-hydrogen) atoms. The first-order chi connectivity index (χ1) is 8.56. The molecule has 0 saturated heterocycles. The van der Waals surface area contributed by atoms with Crippen molar-refractivity contribution in [2.24, 2.45) is 0 Å². The first-order valence-electron chi connectivity index (χ1n) is 5.78. The predicted molar refractivity (Wildman–Crippen MR) is 69.3 cm³/mol. The number of terminal acetylenes is 1. The Morgan fingerprint density at radius 1 is 1.44 bits per heavy atom. The maximum atomic E-state index is 13.5. The molecule has 0 radical (unpaired) electrons. The van der Waals surface area contributed by atoms with Gasteiger partial charge in [-0.15, -0.1) is 6.42 Å². The molecule has 3 nitrogen and oxygen atoms in total. The topological polar surface area (TPSA) is 41.1 Å². The zero-order chi connectivity index (χ0) is 13.5. The lowest BCUT2D eigenvalue weighted by atomic mass is 10.1. The van der Waals surface area contributed by atoms with E-state index in [9.17, 15) is 9.18 Å². The molecular formula is C14H17FN2O. The lowest BCUT2D eigenvalue weighted by Crippen LogP contribution is -2.43. The Kier molecular flexibility index (Phi) is 5.34. The van der Waals surface area contributed by atoms with Crippen LogP contribution in [-0.4, -0.2) is 18.5 Å². The van der Waals surface area contributed by atoms with Crippen LogP contribution in [0.3, 0.4) is 0 Å². The van der Waals surface area contributed by atoms with Crippen molar-refractivity contribution in [3.63, 3.8) is 0 Å². The predicted octanol–water partition coefficient (Wildman–Crippen LogP) is 1.61. The van der Waals surface area contributed by atoms with Gasteiger partial charge in [-0.25, -0.2) is 4.39 Å². The monoisotopic (exact) mass is 248 g/mol. The van der Waals surface area contributed by atoms with Crippen LogP contribution >= 0.6 is 0 Å². The molecule has 0 fully saturated rings. The molecule has 1 amide bonds. The van der Waals surface area contributed by atoms with Gasteiger partial charge < -0.3 is 5.32 Å². The van der Waals surface area contributed by atoms with Gasteiger partial charge in [-0.2, -0.15) is 0 Å². The van der Waals surface area contributed by atoms with Crippen LogP contribution in [0.25, 0.3) is 0 Å². The summed E-state index contributed by atoms with van der Waals surface area (Å²) in [6.07, 6.45) is 5.05. The van der Waals surface area contributed by atoms with Gasteiger partial charge >= 0.3 is 0 Å². The Morgan fingerprint density at radius 3 is 2.72 bits per heavy atom. The summed E-state index contributed by atoms with van der Waals surface area (Å²) in [6.45, 7) is 3.71. The Morgan fingerprint density at radius 2 is 2.11 bits per heavy atom. The largest absolute Gasteiger partial charge is 0.344 e. The number of hydrogen-bond acceptors (Lipinski definition) is 2. The van der Waals surface area contributed by atoms with Crippen molar-refractivity contribution in [3.8, 4) is 12.3 Å². The van der Waals surface area contributed by atoms with Gasteiger partial charge in [-0.1, -0.05) is 24.1 Å². The van der Waals surface area contributed by atoms with Crippen LogP contribution < -0.4 is 10.6 Å². The highest BCUT2D eigenvalue weighted by Crippen LogP contribution is 2.16. The van der Waals surface area contributed by atoms with Crippen molar-refractivity contribution >= 4 is 5.91 Å². The second kappa shape index (κ2) is 6.77. The standard InChI is InChI=1S/C14H17FN2O/c1-4-9-16-14(18)11(3)17-10(2)12-7-5-6-8-13(12)15/h1,5-8,10-11,17H,9H2,2-3H3,(H,16,18)/t10-,11?/m1/s1. The molecule has 2 N–H and O–H groups in total. The smallest absolute Gasteiger partial charge is 0.237 e. The molecule has 0 spiro atoms. The van der Waals surface area contributed by atoms with E-state index in [1.54, 1.807) is 25.1 Å². The summed E-state index contributed by atoms with van der Waals surface area (Å²) in [7, 11) is 0. The second-order valence-corrected chi connectivity index (χ2v) is 4.05. The van der Waals surface area contributed by atoms with Crippen LogP contribution in [0.1, 0.15) is 25.5 Å². The van der Waals surface area contributed by atoms with Gasteiger partial charge in [0, 0.05) is 11.6 Å². The molecule has 1 aromatic carbocycles. The Bertz CT molecular complexity index is 453. The van der Waals surface area contributed by atoms with Crippen molar-refractivity contribution in [3.05, 3.63) is 35.6 Å². The first kappa shape index (κ1) is 14.2. The summed E-state index contributed by atoms with van der Waals surface area (Å²) in [6, 6.07) is 5.80. The van der Waals surface area contributed by atoms with Crippen LogP contribution in [0.15, 0.2) is 24.3 Å². The molecule has 2 atom stereocenters. The molecule has 4 heteroatoms. The Hall–Kier alpha value is -1.86. The third-order valence-corrected chi connectivity index (χ3v) is 2.63. The summed E-state index contributed by atoms with van der Waals surface area (Å²) in [5, 5.41) is 5.60. The first-order valence-corrected chi connectivity index (χ1v) is 5.78. The van der Waals surface area contributed by atoms with Crippen molar-refractivity contribution in [1.82, 2.24) is 10.6 Å². The average molecular weight is 248 g/mol. The van der Waals surface area contributed by atoms with Gasteiger partial charge in [0.15, 0.2) is 0 Å². The molecule has 0 aliphatic heterocycles. The Balaban J connectivity index is 2.60.